The number of fused-ring (bicyclic) bond motifs is 1. The van der Waals surface area contributed by atoms with Gasteiger partial charge in [0.25, 0.3) is 5.91 Å². The third-order valence-corrected chi connectivity index (χ3v) is 5.73. The van der Waals surface area contributed by atoms with E-state index in [1.165, 1.54) is 30.5 Å². The van der Waals surface area contributed by atoms with E-state index < -0.39 is 23.0 Å². The number of hydrogen-bond donors (Lipinski definition) is 4. The summed E-state index contributed by atoms with van der Waals surface area (Å²) in [7, 11) is 0. The van der Waals surface area contributed by atoms with Crippen molar-refractivity contribution in [3.63, 3.8) is 0 Å². The van der Waals surface area contributed by atoms with Crippen LogP contribution in [0, 0.1) is 5.41 Å². The third kappa shape index (κ3) is 4.33. The first kappa shape index (κ1) is 20.4. The van der Waals surface area contributed by atoms with Crippen LogP contribution in [-0.4, -0.2) is 49.5 Å². The van der Waals surface area contributed by atoms with Crippen molar-refractivity contribution in [1.29, 1.82) is 5.41 Å². The van der Waals surface area contributed by atoms with Crippen molar-refractivity contribution in [3.05, 3.63) is 65.9 Å². The van der Waals surface area contributed by atoms with Crippen molar-refractivity contribution >= 4 is 57.5 Å². The number of aromatic nitrogens is 1. The topological polar surface area (TPSA) is 139 Å². The van der Waals surface area contributed by atoms with Gasteiger partial charge in [-0.3, -0.25) is 15.0 Å². The Bertz CT molecular complexity index is 1200. The number of H-pyrrole nitrogens is 1. The lowest BCUT2D eigenvalue weighted by Gasteiger charge is -2.27. The highest BCUT2D eigenvalue weighted by atomic mass is 32.2. The predicted octanol–water partition coefficient (Wildman–Crippen LogP) is 3.11. The Morgan fingerprint density at radius 1 is 1.23 bits per heavy atom. The van der Waals surface area contributed by atoms with Crippen LogP contribution in [0.3, 0.4) is 0 Å². The molecule has 31 heavy (non-hydrogen) atoms. The van der Waals surface area contributed by atoms with Gasteiger partial charge >= 0.3 is 5.97 Å². The van der Waals surface area contributed by atoms with Crippen LogP contribution in [-0.2, 0) is 9.59 Å². The number of hydrogen-bond acceptors (Lipinski definition) is 6. The van der Waals surface area contributed by atoms with E-state index in [2.05, 4.69) is 15.4 Å². The monoisotopic (exact) mass is 435 g/mol. The Labute approximate surface area is 180 Å². The summed E-state index contributed by atoms with van der Waals surface area (Å²) in [6.07, 6.45) is 3.17. The molecule has 0 radical (unpaired) electrons. The standard InChI is InChI=1S/C21H17N5O4S/c22-21-26(24-11-13-10-23-16-4-2-1-3-15(13)16)18(27)9-17(31-21)19(28)25-14-7-5-12(6-8-14)20(29)30/h1-8,10-11,17,22-23H,9H2,(H,25,28)(H,29,30)/b22-21?,24-11-/t17-/m0/s1. The fraction of sp³-hybridized carbons (Fsp3) is 0.0952. The van der Waals surface area contributed by atoms with Crippen LogP contribution >= 0.6 is 11.8 Å². The maximum atomic E-state index is 12.5. The van der Waals surface area contributed by atoms with Gasteiger partial charge in [0, 0.05) is 28.4 Å². The van der Waals surface area contributed by atoms with Crippen LogP contribution < -0.4 is 5.32 Å². The molecule has 2 amide bonds. The first-order valence-corrected chi connectivity index (χ1v) is 10.1. The minimum absolute atomic E-state index is 0.103. The summed E-state index contributed by atoms with van der Waals surface area (Å²) in [5.74, 6) is -1.96. The zero-order chi connectivity index (χ0) is 22.0. The van der Waals surface area contributed by atoms with Crippen LogP contribution in [0.1, 0.15) is 22.3 Å². The summed E-state index contributed by atoms with van der Waals surface area (Å²) in [4.78, 5) is 39.1. The number of hydrazone groups is 1. The van der Waals surface area contributed by atoms with Crippen molar-refractivity contribution in [2.24, 2.45) is 5.10 Å². The fourth-order valence-corrected chi connectivity index (χ4v) is 4.00. The van der Waals surface area contributed by atoms with Crippen molar-refractivity contribution in [2.75, 3.05) is 5.32 Å². The number of aromatic carboxylic acids is 1. The van der Waals surface area contributed by atoms with Crippen LogP contribution in [0.15, 0.2) is 59.8 Å². The molecular formula is C21H17N5O4S. The number of rotatable bonds is 5. The van der Waals surface area contributed by atoms with E-state index in [1.807, 2.05) is 24.3 Å². The Morgan fingerprint density at radius 2 is 1.97 bits per heavy atom. The maximum absolute atomic E-state index is 12.5. The molecule has 4 rings (SSSR count). The molecule has 1 saturated heterocycles. The van der Waals surface area contributed by atoms with Crippen molar-refractivity contribution in [3.8, 4) is 0 Å². The summed E-state index contributed by atoms with van der Waals surface area (Å²) < 4.78 is 0. The summed E-state index contributed by atoms with van der Waals surface area (Å²) >= 11 is 0.935. The number of aromatic amines is 1. The summed E-state index contributed by atoms with van der Waals surface area (Å²) in [6.45, 7) is 0. The first-order valence-electron chi connectivity index (χ1n) is 9.25. The SMILES string of the molecule is N=C1S[C@H](C(=O)Nc2ccc(C(=O)O)cc2)CC(=O)N1/N=C\c1c[nH]c2ccccc12. The molecule has 0 spiro atoms. The molecule has 1 atom stereocenters. The van der Waals surface area contributed by atoms with E-state index in [4.69, 9.17) is 10.5 Å². The number of amidine groups is 1. The molecule has 1 aliphatic rings. The lowest BCUT2D eigenvalue weighted by molar-refractivity contribution is -0.129. The van der Waals surface area contributed by atoms with Crippen LogP contribution in [0.4, 0.5) is 5.69 Å². The highest BCUT2D eigenvalue weighted by molar-refractivity contribution is 8.14. The summed E-state index contributed by atoms with van der Waals surface area (Å²) in [5, 5.41) is 24.9. The van der Waals surface area contributed by atoms with Gasteiger partial charge in [-0.15, -0.1) is 0 Å². The van der Waals surface area contributed by atoms with E-state index in [9.17, 15) is 14.4 Å². The van der Waals surface area contributed by atoms with E-state index in [-0.39, 0.29) is 17.2 Å². The Balaban J connectivity index is 1.41. The van der Waals surface area contributed by atoms with Crippen molar-refractivity contribution < 1.29 is 19.5 Å². The average molecular weight is 435 g/mol. The van der Waals surface area contributed by atoms with Gasteiger partial charge in [-0.1, -0.05) is 30.0 Å². The Kier molecular flexibility index (Phi) is 5.54. The van der Waals surface area contributed by atoms with Gasteiger partial charge in [0.05, 0.1) is 18.2 Å². The molecule has 0 saturated carbocycles. The maximum Gasteiger partial charge on any atom is 0.335 e. The lowest BCUT2D eigenvalue weighted by Crippen LogP contribution is -2.42. The van der Waals surface area contributed by atoms with Gasteiger partial charge in [-0.25, -0.2) is 4.79 Å². The minimum Gasteiger partial charge on any atom is -0.478 e. The fourth-order valence-electron chi connectivity index (χ4n) is 3.09. The number of carboxylic acids is 1. The first-order chi connectivity index (χ1) is 14.9. The smallest absolute Gasteiger partial charge is 0.335 e. The molecular weight excluding hydrogens is 418 g/mol. The van der Waals surface area contributed by atoms with Crippen molar-refractivity contribution in [2.45, 2.75) is 11.7 Å². The average Bonchev–Trinajstić information content (AvgIpc) is 3.16. The van der Waals surface area contributed by atoms with Gasteiger partial charge < -0.3 is 15.4 Å². The predicted molar refractivity (Wildman–Crippen MR) is 118 cm³/mol. The molecule has 0 aliphatic carbocycles. The molecule has 2 heterocycles. The minimum atomic E-state index is -1.06. The van der Waals surface area contributed by atoms with Crippen LogP contribution in [0.5, 0.6) is 0 Å². The van der Waals surface area contributed by atoms with Gasteiger partial charge in [-0.05, 0) is 30.3 Å². The summed E-state index contributed by atoms with van der Waals surface area (Å²) in [6, 6.07) is 13.4. The second kappa shape index (κ2) is 8.44. The zero-order valence-corrected chi connectivity index (χ0v) is 16.8. The van der Waals surface area contributed by atoms with Gasteiger partial charge in [0.1, 0.15) is 5.25 Å². The molecule has 156 valence electrons. The van der Waals surface area contributed by atoms with Crippen molar-refractivity contribution in [1.82, 2.24) is 9.99 Å². The zero-order valence-electron chi connectivity index (χ0n) is 16.0. The molecule has 9 nitrogen and oxygen atoms in total. The van der Waals surface area contributed by atoms with Gasteiger partial charge in [0.15, 0.2) is 5.17 Å². The molecule has 1 aliphatic heterocycles. The number of benzene rings is 2. The number of nitrogens with one attached hydrogen (secondary N) is 3. The highest BCUT2D eigenvalue weighted by Gasteiger charge is 2.35. The molecule has 10 heteroatoms. The van der Waals surface area contributed by atoms with E-state index >= 15 is 0 Å². The van der Waals surface area contributed by atoms with Crippen LogP contribution in [0.25, 0.3) is 10.9 Å². The molecule has 0 bridgehead atoms. The summed E-state index contributed by atoms with van der Waals surface area (Å²) in [5.41, 5.74) is 2.23. The number of carbonyl (C=O) groups excluding carboxylic acids is 2. The Morgan fingerprint density at radius 3 is 2.68 bits per heavy atom. The number of amides is 2. The van der Waals surface area contributed by atoms with E-state index in [0.717, 1.165) is 33.2 Å². The second-order valence-electron chi connectivity index (χ2n) is 6.73. The molecule has 0 unspecified atom stereocenters. The van der Waals surface area contributed by atoms with E-state index in [1.54, 1.807) is 6.20 Å². The normalized spacial score (nSPS) is 16.8. The number of carbonyl (C=O) groups is 3. The number of nitrogens with zero attached hydrogens (tertiary/aromatic N) is 2. The molecule has 4 N–H and O–H groups in total. The molecule has 3 aromatic rings. The number of para-hydroxylation sites is 1. The quantitative estimate of drug-likeness (QED) is 0.456. The van der Waals surface area contributed by atoms with Gasteiger partial charge in [-0.2, -0.15) is 10.1 Å². The lowest BCUT2D eigenvalue weighted by atomic mass is 10.2. The highest BCUT2D eigenvalue weighted by Crippen LogP contribution is 2.27. The third-order valence-electron chi connectivity index (χ3n) is 4.67. The van der Waals surface area contributed by atoms with Gasteiger partial charge in [0.2, 0.25) is 5.91 Å². The molecule has 2 aromatic carbocycles. The second-order valence-corrected chi connectivity index (χ2v) is 7.92. The van der Waals surface area contributed by atoms with E-state index in [0.29, 0.717) is 5.69 Å². The molecule has 1 aromatic heterocycles. The Hall–Kier alpha value is -3.92. The number of thioether (sulfide) groups is 1. The van der Waals surface area contributed by atoms with Crippen LogP contribution in [0.2, 0.25) is 0 Å². The number of carboxylic acid groups (broad SMARTS) is 1. The molecule has 1 fully saturated rings. The number of anilines is 1. The largest absolute Gasteiger partial charge is 0.478 e.